The molecule has 0 bridgehead atoms. The Bertz CT molecular complexity index is 821. The summed E-state index contributed by atoms with van der Waals surface area (Å²) in [5.74, 6) is -0.439. The summed E-state index contributed by atoms with van der Waals surface area (Å²) in [4.78, 5) is 16.2. The fourth-order valence-corrected chi connectivity index (χ4v) is 4.74. The maximum atomic E-state index is 12.2. The second kappa shape index (κ2) is 7.23. The lowest BCUT2D eigenvalue weighted by Crippen LogP contribution is -2.41. The lowest BCUT2D eigenvalue weighted by molar-refractivity contribution is 0.0949. The van der Waals surface area contributed by atoms with Crippen LogP contribution >= 0.6 is 22.9 Å². The Labute approximate surface area is 150 Å². The van der Waals surface area contributed by atoms with Gasteiger partial charge in [-0.25, -0.2) is 8.42 Å². The highest BCUT2D eigenvalue weighted by molar-refractivity contribution is 7.89. The third kappa shape index (κ3) is 3.97. The second-order valence-corrected chi connectivity index (χ2v) is 8.89. The maximum absolute atomic E-state index is 12.2. The summed E-state index contributed by atoms with van der Waals surface area (Å²) in [5.41, 5.74) is 3.49. The molecule has 1 amide bonds. The van der Waals surface area contributed by atoms with E-state index in [4.69, 9.17) is 11.6 Å². The number of fused-ring (bicyclic) bond motifs is 1. The normalized spacial score (nSPS) is 14.7. The second-order valence-electron chi connectivity index (χ2n) is 5.63. The number of benzene rings is 1. The number of amides is 1. The Morgan fingerprint density at radius 3 is 2.54 bits per heavy atom. The zero-order valence-electron chi connectivity index (χ0n) is 12.8. The molecule has 1 aromatic carbocycles. The number of carbonyl (C=O) groups excluding carboxylic acids is 1. The predicted octanol–water partition coefficient (Wildman–Crippen LogP) is 3.29. The molecule has 0 radical (unpaired) electrons. The van der Waals surface area contributed by atoms with Crippen molar-refractivity contribution in [3.63, 3.8) is 0 Å². The molecule has 1 aromatic heterocycles. The number of sulfonamides is 1. The van der Waals surface area contributed by atoms with Gasteiger partial charge < -0.3 is 0 Å². The molecule has 128 valence electrons. The molecule has 0 saturated heterocycles. The zero-order valence-corrected chi connectivity index (χ0v) is 15.2. The van der Waals surface area contributed by atoms with Crippen molar-refractivity contribution in [3.8, 4) is 0 Å². The maximum Gasteiger partial charge on any atom is 0.276 e. The van der Waals surface area contributed by atoms with Crippen LogP contribution in [0.5, 0.6) is 0 Å². The monoisotopic (exact) mass is 384 g/mol. The van der Waals surface area contributed by atoms with Gasteiger partial charge in [0, 0.05) is 9.90 Å². The molecule has 8 heteroatoms. The molecule has 0 atom stereocenters. The van der Waals surface area contributed by atoms with Crippen molar-refractivity contribution in [2.24, 2.45) is 0 Å². The van der Waals surface area contributed by atoms with E-state index in [0.717, 1.165) is 25.7 Å². The van der Waals surface area contributed by atoms with Gasteiger partial charge in [0.05, 0.1) is 9.77 Å². The van der Waals surface area contributed by atoms with Crippen molar-refractivity contribution in [1.29, 1.82) is 0 Å². The molecular weight excluding hydrogens is 368 g/mol. The molecule has 0 fully saturated rings. The Hall–Kier alpha value is -1.41. The van der Waals surface area contributed by atoms with Crippen LogP contribution < -0.4 is 10.3 Å². The molecule has 1 heterocycles. The number of hydrogen-bond donors (Lipinski definition) is 2. The van der Waals surface area contributed by atoms with Crippen LogP contribution in [0, 0.1) is 0 Å². The van der Waals surface area contributed by atoms with E-state index in [2.05, 4.69) is 10.3 Å². The Balaban J connectivity index is 1.68. The van der Waals surface area contributed by atoms with Crippen molar-refractivity contribution < 1.29 is 13.2 Å². The molecule has 0 spiro atoms. The molecule has 24 heavy (non-hydrogen) atoms. The van der Waals surface area contributed by atoms with Crippen molar-refractivity contribution in [1.82, 2.24) is 10.3 Å². The van der Waals surface area contributed by atoms with E-state index >= 15 is 0 Å². The molecule has 3 rings (SSSR count). The average molecular weight is 385 g/mol. The first-order valence-corrected chi connectivity index (χ1v) is 10.3. The van der Waals surface area contributed by atoms with Crippen molar-refractivity contribution in [2.75, 3.05) is 0 Å². The van der Waals surface area contributed by atoms with E-state index in [1.54, 1.807) is 0 Å². The zero-order chi connectivity index (χ0) is 17.2. The van der Waals surface area contributed by atoms with E-state index in [0.29, 0.717) is 9.90 Å². The standard InChI is InChI=1S/C16H17ClN2O3S2/c17-12-6-8-13(9-7-12)24(21,22)19-18-16(20)15-10-11-4-2-1-3-5-14(11)23-15/h6-10,19H,1-5H2,(H,18,20). The highest BCUT2D eigenvalue weighted by Gasteiger charge is 2.19. The number of rotatable bonds is 4. The van der Waals surface area contributed by atoms with Gasteiger partial charge in [-0.2, -0.15) is 0 Å². The molecule has 1 aliphatic carbocycles. The van der Waals surface area contributed by atoms with Gasteiger partial charge in [0.15, 0.2) is 0 Å². The summed E-state index contributed by atoms with van der Waals surface area (Å²) in [6.45, 7) is 0. The van der Waals surface area contributed by atoms with E-state index < -0.39 is 15.9 Å². The SMILES string of the molecule is O=C(NNS(=O)(=O)c1ccc(Cl)cc1)c1cc2c(s1)CCCCC2. The quantitative estimate of drug-likeness (QED) is 0.627. The van der Waals surface area contributed by atoms with Gasteiger partial charge in [-0.15, -0.1) is 16.2 Å². The molecular formula is C16H17ClN2O3S2. The third-order valence-corrected chi connectivity index (χ3v) is 6.64. The Kier molecular flexibility index (Phi) is 5.24. The van der Waals surface area contributed by atoms with Crippen molar-refractivity contribution in [3.05, 3.63) is 50.7 Å². The van der Waals surface area contributed by atoms with E-state index in [9.17, 15) is 13.2 Å². The summed E-state index contributed by atoms with van der Waals surface area (Å²) in [5, 5.41) is 0.443. The highest BCUT2D eigenvalue weighted by atomic mass is 35.5. The largest absolute Gasteiger partial charge is 0.276 e. The van der Waals surface area contributed by atoms with Gasteiger partial charge in [-0.05, 0) is 61.6 Å². The van der Waals surface area contributed by atoms with Crippen LogP contribution in [-0.2, 0) is 22.9 Å². The highest BCUT2D eigenvalue weighted by Crippen LogP contribution is 2.28. The fourth-order valence-electron chi connectivity index (χ4n) is 2.63. The predicted molar refractivity (Wildman–Crippen MR) is 94.8 cm³/mol. The van der Waals surface area contributed by atoms with Gasteiger partial charge in [0.1, 0.15) is 0 Å². The number of thiophene rings is 1. The van der Waals surface area contributed by atoms with Gasteiger partial charge in [-0.1, -0.05) is 18.0 Å². The smallest absolute Gasteiger partial charge is 0.273 e. The first-order chi connectivity index (χ1) is 11.5. The first kappa shape index (κ1) is 17.4. The van der Waals surface area contributed by atoms with Crippen LogP contribution in [0.25, 0.3) is 0 Å². The lowest BCUT2D eigenvalue weighted by atomic mass is 10.1. The van der Waals surface area contributed by atoms with Crippen molar-refractivity contribution in [2.45, 2.75) is 37.0 Å². The molecule has 2 N–H and O–H groups in total. The summed E-state index contributed by atoms with van der Waals surface area (Å²) >= 11 is 7.19. The average Bonchev–Trinajstić information content (AvgIpc) is 2.84. The van der Waals surface area contributed by atoms with E-state index in [-0.39, 0.29) is 4.90 Å². The van der Waals surface area contributed by atoms with Gasteiger partial charge >= 0.3 is 0 Å². The fraction of sp³-hybridized carbons (Fsp3) is 0.312. The first-order valence-electron chi connectivity index (χ1n) is 7.65. The number of nitrogens with one attached hydrogen (secondary N) is 2. The van der Waals surface area contributed by atoms with Crippen LogP contribution in [0.15, 0.2) is 35.2 Å². The number of hydrazine groups is 1. The molecule has 0 saturated carbocycles. The van der Waals surface area contributed by atoms with E-state index in [1.807, 2.05) is 6.07 Å². The lowest BCUT2D eigenvalue weighted by Gasteiger charge is -2.07. The number of hydrogen-bond acceptors (Lipinski definition) is 4. The summed E-state index contributed by atoms with van der Waals surface area (Å²) in [6.07, 6.45) is 5.45. The molecule has 0 unspecified atom stereocenters. The number of halogens is 1. The molecule has 5 nitrogen and oxygen atoms in total. The van der Waals surface area contributed by atoms with Crippen LogP contribution in [0.2, 0.25) is 5.02 Å². The Morgan fingerprint density at radius 2 is 1.79 bits per heavy atom. The topological polar surface area (TPSA) is 75.3 Å². The van der Waals surface area contributed by atoms with Crippen LogP contribution in [0.3, 0.4) is 0 Å². The van der Waals surface area contributed by atoms with Crippen LogP contribution in [-0.4, -0.2) is 14.3 Å². The number of aryl methyl sites for hydroxylation is 2. The van der Waals surface area contributed by atoms with Crippen LogP contribution in [0.4, 0.5) is 0 Å². The molecule has 0 aliphatic heterocycles. The minimum atomic E-state index is -3.82. The summed E-state index contributed by atoms with van der Waals surface area (Å²) in [6, 6.07) is 7.59. The van der Waals surface area contributed by atoms with Gasteiger partial charge in [0.2, 0.25) is 0 Å². The molecule has 2 aromatic rings. The Morgan fingerprint density at radius 1 is 1.08 bits per heavy atom. The summed E-state index contributed by atoms with van der Waals surface area (Å²) < 4.78 is 24.3. The minimum absolute atomic E-state index is 0.0363. The van der Waals surface area contributed by atoms with Gasteiger partial charge in [-0.3, -0.25) is 10.2 Å². The number of carbonyl (C=O) groups is 1. The minimum Gasteiger partial charge on any atom is -0.273 e. The van der Waals surface area contributed by atoms with E-state index in [1.165, 1.54) is 52.5 Å². The van der Waals surface area contributed by atoms with Crippen molar-refractivity contribution >= 4 is 38.9 Å². The van der Waals surface area contributed by atoms with Gasteiger partial charge in [0.25, 0.3) is 15.9 Å². The van der Waals surface area contributed by atoms with Crippen LogP contribution in [0.1, 0.15) is 39.4 Å². The summed E-state index contributed by atoms with van der Waals surface area (Å²) in [7, 11) is -3.82. The third-order valence-electron chi connectivity index (χ3n) is 3.89. The molecule has 1 aliphatic rings.